The molecule has 1 N–H and O–H groups in total. The first kappa shape index (κ1) is 17.1. The van der Waals surface area contributed by atoms with Crippen molar-refractivity contribution in [3.05, 3.63) is 48.5 Å². The van der Waals surface area contributed by atoms with Gasteiger partial charge in [-0.2, -0.15) is 0 Å². The van der Waals surface area contributed by atoms with E-state index in [0.717, 1.165) is 35.0 Å². The van der Waals surface area contributed by atoms with Crippen LogP contribution in [-0.2, 0) is 4.79 Å². The lowest BCUT2D eigenvalue weighted by atomic mass is 9.77. The Hall–Kier alpha value is -2.33. The number of carbonyl (C=O) groups is 1. The largest absolute Gasteiger partial charge is 0.497 e. The third kappa shape index (κ3) is 3.75. The molecule has 2 aromatic rings. The van der Waals surface area contributed by atoms with Crippen LogP contribution in [0.5, 0.6) is 5.75 Å². The summed E-state index contributed by atoms with van der Waals surface area (Å²) in [5.74, 6) is 2.26. The van der Waals surface area contributed by atoms with E-state index in [9.17, 15) is 4.79 Å². The van der Waals surface area contributed by atoms with Gasteiger partial charge in [0.25, 0.3) is 0 Å². The number of anilines is 1. The van der Waals surface area contributed by atoms with E-state index in [0.29, 0.717) is 12.3 Å². The molecule has 3 saturated heterocycles. The molecule has 0 aromatic heterocycles. The van der Waals surface area contributed by atoms with E-state index in [1.54, 1.807) is 7.11 Å². The van der Waals surface area contributed by atoms with Crippen LogP contribution in [0.25, 0.3) is 11.1 Å². The molecule has 1 unspecified atom stereocenters. The zero-order valence-corrected chi connectivity index (χ0v) is 15.3. The summed E-state index contributed by atoms with van der Waals surface area (Å²) in [6.07, 6.45) is 3.16. The van der Waals surface area contributed by atoms with Crippen molar-refractivity contribution in [2.45, 2.75) is 19.3 Å². The number of benzene rings is 2. The number of methoxy groups -OCH3 is 1. The summed E-state index contributed by atoms with van der Waals surface area (Å²) >= 11 is 0. The molecule has 3 aliphatic heterocycles. The molecule has 136 valence electrons. The lowest BCUT2D eigenvalue weighted by molar-refractivity contribution is -0.118. The van der Waals surface area contributed by atoms with E-state index in [1.807, 2.05) is 48.5 Å². The summed E-state index contributed by atoms with van der Waals surface area (Å²) in [7, 11) is 1.67. The number of carbonyl (C=O) groups excluding carboxylic acids is 1. The van der Waals surface area contributed by atoms with Gasteiger partial charge in [-0.3, -0.25) is 4.79 Å². The minimum atomic E-state index is 0.140. The number of piperidine rings is 3. The molecular formula is C22H26N2O2. The quantitative estimate of drug-likeness (QED) is 0.885. The fraction of sp³-hybridized carbons (Fsp3) is 0.409. The van der Waals surface area contributed by atoms with E-state index in [4.69, 9.17) is 4.74 Å². The van der Waals surface area contributed by atoms with Crippen LogP contribution in [0.4, 0.5) is 5.69 Å². The van der Waals surface area contributed by atoms with Gasteiger partial charge >= 0.3 is 0 Å². The molecule has 2 bridgehead atoms. The van der Waals surface area contributed by atoms with Crippen molar-refractivity contribution in [1.29, 1.82) is 0 Å². The lowest BCUT2D eigenvalue weighted by Crippen LogP contribution is -2.48. The molecule has 4 nitrogen and oxygen atoms in total. The minimum Gasteiger partial charge on any atom is -0.497 e. The van der Waals surface area contributed by atoms with Gasteiger partial charge in [0.15, 0.2) is 0 Å². The summed E-state index contributed by atoms with van der Waals surface area (Å²) in [5, 5.41) is 3.07. The van der Waals surface area contributed by atoms with E-state index in [2.05, 4.69) is 10.2 Å². The number of rotatable bonds is 5. The highest BCUT2D eigenvalue weighted by Gasteiger charge is 2.34. The molecule has 3 aliphatic rings. The summed E-state index contributed by atoms with van der Waals surface area (Å²) < 4.78 is 5.20. The van der Waals surface area contributed by atoms with Crippen molar-refractivity contribution >= 4 is 11.6 Å². The van der Waals surface area contributed by atoms with E-state index in [-0.39, 0.29) is 5.91 Å². The molecule has 2 aromatic carbocycles. The Morgan fingerprint density at radius 2 is 1.65 bits per heavy atom. The summed E-state index contributed by atoms with van der Waals surface area (Å²) in [6, 6.07) is 16.1. The van der Waals surface area contributed by atoms with Crippen LogP contribution >= 0.6 is 0 Å². The average Bonchev–Trinajstić information content (AvgIpc) is 2.69. The Labute approximate surface area is 155 Å². The van der Waals surface area contributed by atoms with Crippen molar-refractivity contribution in [2.24, 2.45) is 11.8 Å². The maximum absolute atomic E-state index is 12.4. The fourth-order valence-corrected chi connectivity index (χ4v) is 4.30. The zero-order valence-electron chi connectivity index (χ0n) is 15.3. The standard InChI is InChI=1S/C22H26N2O2/c1-26-21-8-4-17(5-9-21)16-2-6-20(7-3-16)23-22(25)14-19-15-24-12-10-18(19)11-13-24/h2-9,18-19H,10-15H2,1H3,(H,23,25). The highest BCUT2D eigenvalue weighted by atomic mass is 16.5. The van der Waals surface area contributed by atoms with Gasteiger partial charge < -0.3 is 15.0 Å². The van der Waals surface area contributed by atoms with E-state index >= 15 is 0 Å². The number of fused-ring (bicyclic) bond motifs is 3. The molecular weight excluding hydrogens is 324 g/mol. The third-order valence-corrected chi connectivity index (χ3v) is 5.83. The Bertz CT molecular complexity index is 747. The van der Waals surface area contributed by atoms with Crippen molar-refractivity contribution in [3.8, 4) is 16.9 Å². The molecule has 5 rings (SSSR count). The highest BCUT2D eigenvalue weighted by Crippen LogP contribution is 2.34. The molecule has 1 amide bonds. The first-order valence-electron chi connectivity index (χ1n) is 9.48. The Balaban J connectivity index is 1.35. The predicted molar refractivity (Wildman–Crippen MR) is 104 cm³/mol. The number of ether oxygens (including phenoxy) is 1. The monoisotopic (exact) mass is 350 g/mol. The van der Waals surface area contributed by atoms with Crippen LogP contribution in [0.3, 0.4) is 0 Å². The molecule has 0 spiro atoms. The van der Waals surface area contributed by atoms with Gasteiger partial charge in [-0.1, -0.05) is 24.3 Å². The van der Waals surface area contributed by atoms with Crippen LogP contribution in [0, 0.1) is 11.8 Å². The number of nitrogens with one attached hydrogen (secondary N) is 1. The van der Waals surface area contributed by atoms with Gasteiger partial charge in [-0.05, 0) is 73.2 Å². The number of nitrogens with zero attached hydrogens (tertiary/aromatic N) is 1. The first-order valence-corrected chi connectivity index (χ1v) is 9.48. The van der Waals surface area contributed by atoms with Gasteiger partial charge in [0.1, 0.15) is 5.75 Å². The smallest absolute Gasteiger partial charge is 0.224 e. The highest BCUT2D eigenvalue weighted by molar-refractivity contribution is 5.91. The molecule has 3 fully saturated rings. The van der Waals surface area contributed by atoms with E-state index < -0.39 is 0 Å². The summed E-state index contributed by atoms with van der Waals surface area (Å²) in [6.45, 7) is 3.53. The van der Waals surface area contributed by atoms with Gasteiger partial charge in [0.05, 0.1) is 7.11 Å². The number of hydrogen-bond acceptors (Lipinski definition) is 3. The molecule has 0 aliphatic carbocycles. The van der Waals surface area contributed by atoms with Crippen molar-refractivity contribution in [1.82, 2.24) is 4.90 Å². The fourth-order valence-electron chi connectivity index (χ4n) is 4.30. The summed E-state index contributed by atoms with van der Waals surface area (Å²) in [4.78, 5) is 14.9. The Morgan fingerprint density at radius 3 is 2.19 bits per heavy atom. The zero-order chi connectivity index (χ0) is 17.9. The number of amides is 1. The van der Waals surface area contributed by atoms with Crippen LogP contribution in [-0.4, -0.2) is 37.6 Å². The second-order valence-corrected chi connectivity index (χ2v) is 7.46. The first-order chi connectivity index (χ1) is 12.7. The lowest BCUT2D eigenvalue weighted by Gasteiger charge is -2.44. The molecule has 0 saturated carbocycles. The van der Waals surface area contributed by atoms with Crippen LogP contribution in [0.2, 0.25) is 0 Å². The SMILES string of the molecule is COc1ccc(-c2ccc(NC(=O)CC3CN4CCC3CC4)cc2)cc1. The number of hydrogen-bond donors (Lipinski definition) is 1. The minimum absolute atomic E-state index is 0.140. The second kappa shape index (κ2) is 7.50. The average molecular weight is 350 g/mol. The van der Waals surface area contributed by atoms with Gasteiger partial charge in [0, 0.05) is 18.7 Å². The third-order valence-electron chi connectivity index (χ3n) is 5.83. The van der Waals surface area contributed by atoms with Gasteiger partial charge in [0.2, 0.25) is 5.91 Å². The van der Waals surface area contributed by atoms with E-state index in [1.165, 1.54) is 25.9 Å². The van der Waals surface area contributed by atoms with Crippen molar-refractivity contribution in [2.75, 3.05) is 32.1 Å². The topological polar surface area (TPSA) is 41.6 Å². The normalized spacial score (nSPS) is 24.3. The van der Waals surface area contributed by atoms with Gasteiger partial charge in [-0.15, -0.1) is 0 Å². The molecule has 3 heterocycles. The second-order valence-electron chi connectivity index (χ2n) is 7.46. The van der Waals surface area contributed by atoms with Crippen LogP contribution < -0.4 is 10.1 Å². The summed E-state index contributed by atoms with van der Waals surface area (Å²) in [5.41, 5.74) is 3.13. The molecule has 1 atom stereocenters. The van der Waals surface area contributed by atoms with Gasteiger partial charge in [-0.25, -0.2) is 0 Å². The Kier molecular flexibility index (Phi) is 4.93. The molecule has 0 radical (unpaired) electrons. The molecule has 4 heteroatoms. The van der Waals surface area contributed by atoms with Crippen molar-refractivity contribution in [3.63, 3.8) is 0 Å². The maximum atomic E-state index is 12.4. The maximum Gasteiger partial charge on any atom is 0.224 e. The van der Waals surface area contributed by atoms with Crippen molar-refractivity contribution < 1.29 is 9.53 Å². The van der Waals surface area contributed by atoms with Crippen LogP contribution in [0.1, 0.15) is 19.3 Å². The Morgan fingerprint density at radius 1 is 1.04 bits per heavy atom. The van der Waals surface area contributed by atoms with Crippen LogP contribution in [0.15, 0.2) is 48.5 Å². The molecule has 26 heavy (non-hydrogen) atoms. The predicted octanol–water partition coefficient (Wildman–Crippen LogP) is 4.03.